The molecule has 0 radical (unpaired) electrons. The number of rotatable bonds is 3. The molecule has 0 aliphatic heterocycles. The Morgan fingerprint density at radius 3 is 2.53 bits per heavy atom. The van der Waals surface area contributed by atoms with E-state index in [4.69, 9.17) is 9.47 Å². The second-order valence-corrected chi connectivity index (χ2v) is 4.77. The first-order valence-electron chi connectivity index (χ1n) is 5.79. The lowest BCUT2D eigenvalue weighted by atomic mass is 9.91. The summed E-state index contributed by atoms with van der Waals surface area (Å²) in [7, 11) is 3.07. The largest absolute Gasteiger partial charge is 0.496 e. The smallest absolute Gasteiger partial charge is 0.316 e. The Hall–Kier alpha value is -1.51. The second-order valence-electron chi connectivity index (χ2n) is 4.77. The molecule has 0 spiro atoms. The van der Waals surface area contributed by atoms with Crippen LogP contribution >= 0.6 is 0 Å². The highest BCUT2D eigenvalue weighted by molar-refractivity contribution is 5.88. The van der Waals surface area contributed by atoms with Crippen LogP contribution in [-0.4, -0.2) is 20.2 Å². The van der Waals surface area contributed by atoms with E-state index in [1.54, 1.807) is 7.11 Å². The van der Waals surface area contributed by atoms with Crippen LogP contribution in [0.2, 0.25) is 0 Å². The Kier molecular flexibility index (Phi) is 2.86. The fourth-order valence-corrected chi connectivity index (χ4v) is 2.55. The third kappa shape index (κ3) is 1.70. The Balaban J connectivity index is 2.52. The molecule has 0 bridgehead atoms. The van der Waals surface area contributed by atoms with E-state index in [2.05, 4.69) is 6.92 Å². The summed E-state index contributed by atoms with van der Waals surface area (Å²) in [6.45, 7) is 4.08. The number of aryl methyl sites for hydroxylation is 1. The van der Waals surface area contributed by atoms with Gasteiger partial charge >= 0.3 is 5.97 Å². The van der Waals surface area contributed by atoms with Gasteiger partial charge in [0.2, 0.25) is 0 Å². The lowest BCUT2D eigenvalue weighted by molar-refractivity contribution is -0.144. The van der Waals surface area contributed by atoms with Crippen LogP contribution in [0.25, 0.3) is 0 Å². The van der Waals surface area contributed by atoms with E-state index in [0.717, 1.165) is 23.3 Å². The van der Waals surface area contributed by atoms with Gasteiger partial charge in [0.15, 0.2) is 0 Å². The van der Waals surface area contributed by atoms with Crippen molar-refractivity contribution in [2.45, 2.75) is 25.7 Å². The van der Waals surface area contributed by atoms with Crippen LogP contribution in [0.4, 0.5) is 0 Å². The minimum Gasteiger partial charge on any atom is -0.496 e. The molecule has 0 heterocycles. The highest BCUT2D eigenvalue weighted by atomic mass is 16.5. The van der Waals surface area contributed by atoms with Gasteiger partial charge in [0, 0.05) is 5.56 Å². The zero-order valence-corrected chi connectivity index (χ0v) is 10.7. The summed E-state index contributed by atoms with van der Waals surface area (Å²) >= 11 is 0. The van der Waals surface area contributed by atoms with E-state index in [1.807, 2.05) is 25.1 Å². The third-order valence-corrected chi connectivity index (χ3v) is 3.69. The molecule has 1 aromatic carbocycles. The maximum absolute atomic E-state index is 12.0. The first kappa shape index (κ1) is 12.0. The zero-order valence-electron chi connectivity index (χ0n) is 10.7. The number of methoxy groups -OCH3 is 2. The van der Waals surface area contributed by atoms with Gasteiger partial charge in [-0.25, -0.2) is 0 Å². The standard InChI is InChI=1S/C14H18O3/c1-9-5-6-12(16-3)11(7-9)14(8-10(14)2)13(15)17-4/h5-7,10H,8H2,1-4H3. The molecule has 17 heavy (non-hydrogen) atoms. The zero-order chi connectivity index (χ0) is 12.6. The number of carbonyl (C=O) groups excluding carboxylic acids is 1. The molecular formula is C14H18O3. The van der Waals surface area contributed by atoms with Crippen molar-refractivity contribution in [1.82, 2.24) is 0 Å². The summed E-state index contributed by atoms with van der Waals surface area (Å²) in [6, 6.07) is 5.93. The van der Waals surface area contributed by atoms with E-state index in [9.17, 15) is 4.79 Å². The van der Waals surface area contributed by atoms with Crippen LogP contribution in [-0.2, 0) is 14.9 Å². The molecule has 0 amide bonds. The Morgan fingerprint density at radius 1 is 1.41 bits per heavy atom. The normalized spacial score (nSPS) is 26.5. The van der Waals surface area contributed by atoms with Crippen molar-refractivity contribution in [3.05, 3.63) is 29.3 Å². The summed E-state index contributed by atoms with van der Waals surface area (Å²) in [5, 5.41) is 0. The second kappa shape index (κ2) is 4.06. The van der Waals surface area contributed by atoms with Crippen molar-refractivity contribution >= 4 is 5.97 Å². The fraction of sp³-hybridized carbons (Fsp3) is 0.500. The molecule has 0 saturated heterocycles. The molecule has 1 aliphatic carbocycles. The van der Waals surface area contributed by atoms with Gasteiger partial charge in [0.1, 0.15) is 5.75 Å². The SMILES string of the molecule is COC(=O)C1(c2cc(C)ccc2OC)CC1C. The van der Waals surface area contributed by atoms with Crippen molar-refractivity contribution in [2.75, 3.05) is 14.2 Å². The van der Waals surface area contributed by atoms with Crippen LogP contribution in [0.5, 0.6) is 5.75 Å². The van der Waals surface area contributed by atoms with E-state index >= 15 is 0 Å². The molecule has 92 valence electrons. The first-order valence-corrected chi connectivity index (χ1v) is 5.79. The van der Waals surface area contributed by atoms with Gasteiger partial charge in [0.05, 0.1) is 19.6 Å². The van der Waals surface area contributed by atoms with Crippen LogP contribution in [0.1, 0.15) is 24.5 Å². The molecular weight excluding hydrogens is 216 g/mol. The lowest BCUT2D eigenvalue weighted by Gasteiger charge is -2.18. The van der Waals surface area contributed by atoms with Crippen LogP contribution < -0.4 is 4.74 Å². The van der Waals surface area contributed by atoms with E-state index in [1.165, 1.54) is 7.11 Å². The molecule has 3 nitrogen and oxygen atoms in total. The average molecular weight is 234 g/mol. The van der Waals surface area contributed by atoms with Crippen molar-refractivity contribution < 1.29 is 14.3 Å². The number of benzene rings is 1. The van der Waals surface area contributed by atoms with Gasteiger partial charge in [-0.3, -0.25) is 4.79 Å². The number of carbonyl (C=O) groups is 1. The molecule has 1 saturated carbocycles. The summed E-state index contributed by atoms with van der Waals surface area (Å²) in [5.41, 5.74) is 1.59. The van der Waals surface area contributed by atoms with Crippen molar-refractivity contribution in [2.24, 2.45) is 5.92 Å². The predicted molar refractivity (Wildman–Crippen MR) is 65.2 cm³/mol. The highest BCUT2D eigenvalue weighted by Gasteiger charge is 2.60. The first-order chi connectivity index (χ1) is 8.06. The molecule has 3 heteroatoms. The molecule has 0 N–H and O–H groups in total. The number of esters is 1. The maximum Gasteiger partial charge on any atom is 0.316 e. The van der Waals surface area contributed by atoms with Crippen molar-refractivity contribution in [1.29, 1.82) is 0 Å². The van der Waals surface area contributed by atoms with E-state index in [-0.39, 0.29) is 5.97 Å². The Labute approximate surface area is 102 Å². The summed E-state index contributed by atoms with van der Waals surface area (Å²) < 4.78 is 10.3. The van der Waals surface area contributed by atoms with Crippen LogP contribution in [0, 0.1) is 12.8 Å². The van der Waals surface area contributed by atoms with Gasteiger partial charge in [-0.2, -0.15) is 0 Å². The molecule has 2 rings (SSSR count). The molecule has 2 atom stereocenters. The molecule has 0 aromatic heterocycles. The van der Waals surface area contributed by atoms with Crippen LogP contribution in [0.3, 0.4) is 0 Å². The average Bonchev–Trinajstić information content (AvgIpc) is 3.01. The van der Waals surface area contributed by atoms with E-state index in [0.29, 0.717) is 5.92 Å². The van der Waals surface area contributed by atoms with Gasteiger partial charge in [-0.05, 0) is 25.3 Å². The molecule has 1 fully saturated rings. The van der Waals surface area contributed by atoms with Gasteiger partial charge < -0.3 is 9.47 Å². The predicted octanol–water partition coefficient (Wildman–Crippen LogP) is 2.45. The molecule has 1 aromatic rings. The number of hydrogen-bond acceptors (Lipinski definition) is 3. The monoisotopic (exact) mass is 234 g/mol. The van der Waals surface area contributed by atoms with Crippen LogP contribution in [0.15, 0.2) is 18.2 Å². The summed E-state index contributed by atoms with van der Waals surface area (Å²) in [5.74, 6) is 0.921. The fourth-order valence-electron chi connectivity index (χ4n) is 2.55. The Morgan fingerprint density at radius 2 is 2.06 bits per heavy atom. The van der Waals surface area contributed by atoms with Crippen molar-refractivity contribution in [3.63, 3.8) is 0 Å². The quantitative estimate of drug-likeness (QED) is 0.754. The summed E-state index contributed by atoms with van der Waals surface area (Å²) in [6.07, 6.45) is 0.833. The maximum atomic E-state index is 12.0. The van der Waals surface area contributed by atoms with Crippen molar-refractivity contribution in [3.8, 4) is 5.75 Å². The molecule has 1 aliphatic rings. The highest BCUT2D eigenvalue weighted by Crippen LogP contribution is 2.57. The lowest BCUT2D eigenvalue weighted by Crippen LogP contribution is -2.24. The minimum absolute atomic E-state index is 0.158. The summed E-state index contributed by atoms with van der Waals surface area (Å²) in [4.78, 5) is 12.0. The number of ether oxygens (including phenoxy) is 2. The van der Waals surface area contributed by atoms with Gasteiger partial charge in [0.25, 0.3) is 0 Å². The van der Waals surface area contributed by atoms with Gasteiger partial charge in [-0.1, -0.05) is 24.6 Å². The molecule has 2 unspecified atom stereocenters. The topological polar surface area (TPSA) is 35.5 Å². The third-order valence-electron chi connectivity index (χ3n) is 3.69. The van der Waals surface area contributed by atoms with E-state index < -0.39 is 5.41 Å². The Bertz CT molecular complexity index is 453. The minimum atomic E-state index is -0.494. The number of hydrogen-bond donors (Lipinski definition) is 0. The van der Waals surface area contributed by atoms with Gasteiger partial charge in [-0.15, -0.1) is 0 Å².